The molecule has 0 radical (unpaired) electrons. The summed E-state index contributed by atoms with van der Waals surface area (Å²) < 4.78 is 7.15. The van der Waals surface area contributed by atoms with Gasteiger partial charge in [0.15, 0.2) is 5.65 Å². The fourth-order valence-corrected chi connectivity index (χ4v) is 2.41. The third-order valence-electron chi connectivity index (χ3n) is 3.36. The lowest BCUT2D eigenvalue weighted by molar-refractivity contribution is 0.0987. The standard InChI is InChI=1S/C12H17N5O2/c1-9-7-19-5-3-16(9)11-10-6-15-17(2-4-18)12(10)14-8-13-11/h6,8-9,18H,2-5,7H2,1H3/t9-/m0/s1. The van der Waals surface area contributed by atoms with Crippen LogP contribution in [-0.4, -0.2) is 57.3 Å². The number of nitrogens with zero attached hydrogens (tertiary/aromatic N) is 5. The Hall–Kier alpha value is -1.73. The lowest BCUT2D eigenvalue weighted by Crippen LogP contribution is -2.44. The number of rotatable bonds is 3. The van der Waals surface area contributed by atoms with Crippen molar-refractivity contribution in [1.82, 2.24) is 19.7 Å². The second kappa shape index (κ2) is 5.10. The molecule has 0 aromatic carbocycles. The molecule has 1 fully saturated rings. The Morgan fingerprint density at radius 3 is 3.16 bits per heavy atom. The van der Waals surface area contributed by atoms with Crippen LogP contribution in [0.4, 0.5) is 5.82 Å². The summed E-state index contributed by atoms with van der Waals surface area (Å²) in [7, 11) is 0. The molecule has 1 saturated heterocycles. The smallest absolute Gasteiger partial charge is 0.163 e. The van der Waals surface area contributed by atoms with Crippen molar-refractivity contribution in [3.63, 3.8) is 0 Å². The summed E-state index contributed by atoms with van der Waals surface area (Å²) in [6, 6.07) is 0.285. The molecule has 102 valence electrons. The first kappa shape index (κ1) is 12.3. The Morgan fingerprint density at radius 2 is 2.37 bits per heavy atom. The Labute approximate surface area is 110 Å². The number of fused-ring (bicyclic) bond motifs is 1. The summed E-state index contributed by atoms with van der Waals surface area (Å²) in [4.78, 5) is 10.9. The minimum atomic E-state index is 0.0457. The van der Waals surface area contributed by atoms with Gasteiger partial charge in [-0.2, -0.15) is 5.10 Å². The largest absolute Gasteiger partial charge is 0.394 e. The van der Waals surface area contributed by atoms with Crippen molar-refractivity contribution >= 4 is 16.9 Å². The van der Waals surface area contributed by atoms with E-state index >= 15 is 0 Å². The van der Waals surface area contributed by atoms with E-state index in [1.54, 1.807) is 17.2 Å². The topological polar surface area (TPSA) is 76.3 Å². The maximum atomic E-state index is 9.03. The molecular weight excluding hydrogens is 246 g/mol. The molecule has 3 rings (SSSR count). The summed E-state index contributed by atoms with van der Waals surface area (Å²) in [6.45, 7) is 4.84. The molecule has 0 aliphatic carbocycles. The van der Waals surface area contributed by atoms with Gasteiger partial charge in [0.1, 0.15) is 12.1 Å². The van der Waals surface area contributed by atoms with Gasteiger partial charge in [0.05, 0.1) is 44.0 Å². The molecule has 1 N–H and O–H groups in total. The number of anilines is 1. The molecule has 1 aliphatic rings. The second-order valence-electron chi connectivity index (χ2n) is 4.64. The third-order valence-corrected chi connectivity index (χ3v) is 3.36. The SMILES string of the molecule is C[C@H]1COCCN1c1ncnc2c1cnn2CCO. The zero-order valence-electron chi connectivity index (χ0n) is 10.9. The average Bonchev–Trinajstić information content (AvgIpc) is 2.83. The molecule has 3 heterocycles. The molecular formula is C12H17N5O2. The van der Waals surface area contributed by atoms with Crippen LogP contribution < -0.4 is 4.90 Å². The molecule has 19 heavy (non-hydrogen) atoms. The monoisotopic (exact) mass is 263 g/mol. The van der Waals surface area contributed by atoms with Crippen LogP contribution in [-0.2, 0) is 11.3 Å². The van der Waals surface area contributed by atoms with E-state index in [2.05, 4.69) is 26.9 Å². The normalized spacial score (nSPS) is 20.1. The van der Waals surface area contributed by atoms with Crippen molar-refractivity contribution in [3.8, 4) is 0 Å². The minimum Gasteiger partial charge on any atom is -0.394 e. The molecule has 0 bridgehead atoms. The maximum absolute atomic E-state index is 9.03. The van der Waals surface area contributed by atoms with Gasteiger partial charge >= 0.3 is 0 Å². The highest BCUT2D eigenvalue weighted by Gasteiger charge is 2.23. The Balaban J connectivity index is 2.03. The maximum Gasteiger partial charge on any atom is 0.163 e. The van der Waals surface area contributed by atoms with Crippen molar-refractivity contribution in [2.24, 2.45) is 0 Å². The summed E-state index contributed by atoms with van der Waals surface area (Å²) >= 11 is 0. The fourth-order valence-electron chi connectivity index (χ4n) is 2.41. The first-order chi connectivity index (χ1) is 9.31. The first-order valence-corrected chi connectivity index (χ1v) is 6.43. The van der Waals surface area contributed by atoms with Crippen LogP contribution in [0.3, 0.4) is 0 Å². The van der Waals surface area contributed by atoms with Crippen molar-refractivity contribution in [2.75, 3.05) is 31.3 Å². The van der Waals surface area contributed by atoms with Gasteiger partial charge in [-0.3, -0.25) is 0 Å². The molecule has 0 amide bonds. The van der Waals surface area contributed by atoms with Crippen LogP contribution >= 0.6 is 0 Å². The molecule has 1 aliphatic heterocycles. The van der Waals surface area contributed by atoms with Crippen molar-refractivity contribution < 1.29 is 9.84 Å². The van der Waals surface area contributed by atoms with E-state index in [9.17, 15) is 0 Å². The molecule has 7 heteroatoms. The summed E-state index contributed by atoms with van der Waals surface area (Å²) in [5.41, 5.74) is 0.762. The third kappa shape index (κ3) is 2.15. The van der Waals surface area contributed by atoms with E-state index in [4.69, 9.17) is 9.84 Å². The zero-order chi connectivity index (χ0) is 13.2. The molecule has 7 nitrogen and oxygen atoms in total. The van der Waals surface area contributed by atoms with E-state index in [0.717, 1.165) is 23.4 Å². The van der Waals surface area contributed by atoms with Gasteiger partial charge in [0, 0.05) is 6.54 Å². The Bertz CT molecular complexity index is 570. The first-order valence-electron chi connectivity index (χ1n) is 6.43. The van der Waals surface area contributed by atoms with E-state index in [1.807, 2.05) is 0 Å². The molecule has 2 aromatic rings. The highest BCUT2D eigenvalue weighted by Crippen LogP contribution is 2.25. The Morgan fingerprint density at radius 1 is 1.47 bits per heavy atom. The zero-order valence-corrected chi connectivity index (χ0v) is 10.9. The number of hydrogen-bond acceptors (Lipinski definition) is 6. The lowest BCUT2D eigenvalue weighted by atomic mass is 10.2. The van der Waals surface area contributed by atoms with Crippen LogP contribution in [0.15, 0.2) is 12.5 Å². The van der Waals surface area contributed by atoms with Crippen LogP contribution in [0, 0.1) is 0 Å². The summed E-state index contributed by atoms with van der Waals surface area (Å²) in [5, 5.41) is 14.2. The van der Waals surface area contributed by atoms with Gasteiger partial charge in [-0.15, -0.1) is 0 Å². The number of aromatic nitrogens is 4. The van der Waals surface area contributed by atoms with E-state index in [-0.39, 0.29) is 12.6 Å². The summed E-state index contributed by atoms with van der Waals surface area (Å²) in [6.07, 6.45) is 3.32. The average molecular weight is 263 g/mol. The van der Waals surface area contributed by atoms with Crippen LogP contribution in [0.5, 0.6) is 0 Å². The molecule has 2 aromatic heterocycles. The predicted octanol–water partition coefficient (Wildman–Crippen LogP) is 0.0437. The van der Waals surface area contributed by atoms with E-state index < -0.39 is 0 Å². The van der Waals surface area contributed by atoms with Crippen LogP contribution in [0.1, 0.15) is 6.92 Å². The fraction of sp³-hybridized carbons (Fsp3) is 0.583. The number of ether oxygens (including phenoxy) is 1. The van der Waals surface area contributed by atoms with Gasteiger partial charge in [-0.1, -0.05) is 0 Å². The van der Waals surface area contributed by atoms with E-state index in [0.29, 0.717) is 19.8 Å². The number of hydrogen-bond donors (Lipinski definition) is 1. The van der Waals surface area contributed by atoms with Gasteiger partial charge in [-0.25, -0.2) is 14.6 Å². The second-order valence-corrected chi connectivity index (χ2v) is 4.64. The lowest BCUT2D eigenvalue weighted by Gasteiger charge is -2.34. The van der Waals surface area contributed by atoms with Crippen molar-refractivity contribution in [2.45, 2.75) is 19.5 Å². The number of aliphatic hydroxyl groups excluding tert-OH is 1. The number of morpholine rings is 1. The molecule has 1 atom stereocenters. The van der Waals surface area contributed by atoms with Gasteiger partial charge < -0.3 is 14.7 Å². The highest BCUT2D eigenvalue weighted by atomic mass is 16.5. The highest BCUT2D eigenvalue weighted by molar-refractivity contribution is 5.86. The molecule has 0 unspecified atom stereocenters. The predicted molar refractivity (Wildman–Crippen MR) is 70.0 cm³/mol. The Kier molecular flexibility index (Phi) is 3.31. The van der Waals surface area contributed by atoms with E-state index in [1.165, 1.54) is 0 Å². The minimum absolute atomic E-state index is 0.0457. The van der Waals surface area contributed by atoms with Crippen LogP contribution in [0.25, 0.3) is 11.0 Å². The van der Waals surface area contributed by atoms with Crippen molar-refractivity contribution in [1.29, 1.82) is 0 Å². The number of aliphatic hydroxyl groups is 1. The summed E-state index contributed by atoms with van der Waals surface area (Å²) in [5.74, 6) is 0.894. The van der Waals surface area contributed by atoms with Gasteiger partial charge in [0.25, 0.3) is 0 Å². The van der Waals surface area contributed by atoms with Crippen LogP contribution in [0.2, 0.25) is 0 Å². The molecule has 0 spiro atoms. The van der Waals surface area contributed by atoms with Gasteiger partial charge in [0.2, 0.25) is 0 Å². The van der Waals surface area contributed by atoms with Crippen molar-refractivity contribution in [3.05, 3.63) is 12.5 Å². The molecule has 0 saturated carbocycles. The quantitative estimate of drug-likeness (QED) is 0.843. The van der Waals surface area contributed by atoms with Gasteiger partial charge in [-0.05, 0) is 6.92 Å².